The average Bonchev–Trinajstić information content (AvgIpc) is 3.44. The van der Waals surface area contributed by atoms with Crippen molar-refractivity contribution in [3.8, 4) is 0 Å². The van der Waals surface area contributed by atoms with Crippen LogP contribution < -0.4 is 10.6 Å². The number of nitrogens with one attached hydrogen (secondary N) is 2. The van der Waals surface area contributed by atoms with Gasteiger partial charge in [0.15, 0.2) is 5.96 Å². The molecule has 134 valence electrons. The van der Waals surface area contributed by atoms with Crippen molar-refractivity contribution in [3.05, 3.63) is 30.1 Å². The fourth-order valence-corrected chi connectivity index (χ4v) is 2.61. The Morgan fingerprint density at radius 1 is 1.33 bits per heavy atom. The Balaban J connectivity index is 1.72. The zero-order valence-corrected chi connectivity index (χ0v) is 15.0. The number of ether oxygens (including phenoxy) is 1. The molecule has 1 heterocycles. The van der Waals surface area contributed by atoms with Crippen molar-refractivity contribution < 1.29 is 4.74 Å². The van der Waals surface area contributed by atoms with E-state index in [4.69, 9.17) is 9.73 Å². The molecule has 1 saturated carbocycles. The summed E-state index contributed by atoms with van der Waals surface area (Å²) in [5, 5.41) is 6.69. The van der Waals surface area contributed by atoms with E-state index in [2.05, 4.69) is 33.5 Å². The second-order valence-electron chi connectivity index (χ2n) is 6.02. The van der Waals surface area contributed by atoms with Crippen LogP contribution >= 0.6 is 0 Å². The first-order chi connectivity index (χ1) is 11.8. The van der Waals surface area contributed by atoms with Crippen LogP contribution in [0.2, 0.25) is 0 Å². The predicted molar refractivity (Wildman–Crippen MR) is 98.4 cm³/mol. The number of pyridine rings is 1. The van der Waals surface area contributed by atoms with Crippen LogP contribution in [0.25, 0.3) is 0 Å². The van der Waals surface area contributed by atoms with Crippen molar-refractivity contribution in [3.63, 3.8) is 0 Å². The van der Waals surface area contributed by atoms with Gasteiger partial charge in [0.2, 0.25) is 0 Å². The molecule has 1 aliphatic carbocycles. The summed E-state index contributed by atoms with van der Waals surface area (Å²) in [5.74, 6) is 0.885. The number of guanidine groups is 1. The molecule has 24 heavy (non-hydrogen) atoms. The normalized spacial score (nSPS) is 14.9. The van der Waals surface area contributed by atoms with Gasteiger partial charge in [-0.15, -0.1) is 0 Å². The van der Waals surface area contributed by atoms with Gasteiger partial charge in [-0.05, 0) is 31.9 Å². The van der Waals surface area contributed by atoms with Gasteiger partial charge in [-0.3, -0.25) is 14.9 Å². The van der Waals surface area contributed by atoms with E-state index in [9.17, 15) is 0 Å². The first-order valence-electron chi connectivity index (χ1n) is 8.98. The number of hydrogen-bond acceptors (Lipinski definition) is 4. The summed E-state index contributed by atoms with van der Waals surface area (Å²) in [6.45, 7) is 7.38. The minimum atomic E-state index is 0.745. The van der Waals surface area contributed by atoms with E-state index in [0.29, 0.717) is 0 Å². The van der Waals surface area contributed by atoms with Gasteiger partial charge in [0.05, 0.1) is 13.2 Å². The number of hydrogen-bond donors (Lipinski definition) is 2. The average molecular weight is 333 g/mol. The summed E-state index contributed by atoms with van der Waals surface area (Å²) in [4.78, 5) is 11.5. The van der Waals surface area contributed by atoms with Gasteiger partial charge < -0.3 is 15.4 Å². The molecule has 0 atom stereocenters. The Morgan fingerprint density at radius 3 is 2.88 bits per heavy atom. The van der Waals surface area contributed by atoms with Gasteiger partial charge in [-0.1, -0.05) is 6.07 Å². The van der Waals surface area contributed by atoms with Gasteiger partial charge in [-0.2, -0.15) is 0 Å². The van der Waals surface area contributed by atoms with Gasteiger partial charge in [0.25, 0.3) is 0 Å². The Labute approximate surface area is 145 Å². The lowest BCUT2D eigenvalue weighted by Gasteiger charge is -2.20. The van der Waals surface area contributed by atoms with Gasteiger partial charge in [0, 0.05) is 57.6 Å². The lowest BCUT2D eigenvalue weighted by atomic mass is 10.3. The molecule has 1 aromatic heterocycles. The molecule has 6 nitrogen and oxygen atoms in total. The maximum Gasteiger partial charge on any atom is 0.191 e. The Kier molecular flexibility index (Phi) is 8.55. The van der Waals surface area contributed by atoms with Crippen LogP contribution in [0, 0.1) is 0 Å². The molecule has 1 aliphatic rings. The lowest BCUT2D eigenvalue weighted by molar-refractivity contribution is 0.145. The highest BCUT2D eigenvalue weighted by atomic mass is 16.5. The van der Waals surface area contributed by atoms with Crippen LogP contribution in [0.5, 0.6) is 0 Å². The zero-order valence-electron chi connectivity index (χ0n) is 15.0. The molecule has 2 rings (SSSR count). The Hall–Kier alpha value is -1.66. The summed E-state index contributed by atoms with van der Waals surface area (Å²) < 4.78 is 5.20. The van der Waals surface area contributed by atoms with Crippen LogP contribution in [-0.4, -0.2) is 68.3 Å². The lowest BCUT2D eigenvalue weighted by Crippen LogP contribution is -2.39. The highest BCUT2D eigenvalue weighted by Gasteiger charge is 2.27. The molecular formula is C18H31N5O. The number of nitrogens with zero attached hydrogens (tertiary/aromatic N) is 3. The second kappa shape index (κ2) is 11.0. The first kappa shape index (κ1) is 18.7. The monoisotopic (exact) mass is 333 g/mol. The minimum Gasteiger partial charge on any atom is -0.383 e. The first-order valence-corrected chi connectivity index (χ1v) is 8.98. The summed E-state index contributed by atoms with van der Waals surface area (Å²) in [7, 11) is 1.76. The molecule has 0 unspecified atom stereocenters. The van der Waals surface area contributed by atoms with E-state index >= 15 is 0 Å². The maximum absolute atomic E-state index is 5.20. The van der Waals surface area contributed by atoms with E-state index in [1.165, 1.54) is 12.8 Å². The van der Waals surface area contributed by atoms with E-state index in [1.54, 1.807) is 7.11 Å². The molecule has 0 saturated heterocycles. The quantitative estimate of drug-likeness (QED) is 0.472. The van der Waals surface area contributed by atoms with Gasteiger partial charge in [0.1, 0.15) is 0 Å². The third kappa shape index (κ3) is 7.27. The Morgan fingerprint density at radius 2 is 2.21 bits per heavy atom. The highest BCUT2D eigenvalue weighted by molar-refractivity contribution is 5.79. The minimum absolute atomic E-state index is 0.745. The van der Waals surface area contributed by atoms with Crippen LogP contribution in [-0.2, 0) is 11.2 Å². The molecule has 0 aromatic carbocycles. The standard InChI is InChI=1S/C18H31N5O/c1-3-19-18(21-11-9-16-6-4-5-10-20-16)22-12-13-23(14-15-24-2)17-7-8-17/h4-6,10,17H,3,7-9,11-15H2,1-2H3,(H2,19,21,22). The van der Waals surface area contributed by atoms with Gasteiger partial charge in [-0.25, -0.2) is 0 Å². The molecule has 0 radical (unpaired) electrons. The van der Waals surface area contributed by atoms with Crippen molar-refractivity contribution >= 4 is 5.96 Å². The topological polar surface area (TPSA) is 61.8 Å². The van der Waals surface area contributed by atoms with Gasteiger partial charge >= 0.3 is 0 Å². The van der Waals surface area contributed by atoms with Crippen LogP contribution in [0.1, 0.15) is 25.5 Å². The molecule has 2 N–H and O–H groups in total. The van der Waals surface area contributed by atoms with Crippen molar-refractivity contribution in [2.45, 2.75) is 32.2 Å². The number of aromatic nitrogens is 1. The van der Waals surface area contributed by atoms with Crippen molar-refractivity contribution in [2.24, 2.45) is 4.99 Å². The molecule has 1 aromatic rings. The van der Waals surface area contributed by atoms with Crippen molar-refractivity contribution in [1.82, 2.24) is 20.5 Å². The fourth-order valence-electron chi connectivity index (χ4n) is 2.61. The van der Waals surface area contributed by atoms with E-state index in [0.717, 1.165) is 63.4 Å². The van der Waals surface area contributed by atoms with Crippen LogP contribution in [0.15, 0.2) is 29.4 Å². The maximum atomic E-state index is 5.20. The third-order valence-electron chi connectivity index (χ3n) is 4.05. The van der Waals surface area contributed by atoms with Crippen LogP contribution in [0.4, 0.5) is 0 Å². The second-order valence-corrected chi connectivity index (χ2v) is 6.02. The van der Waals surface area contributed by atoms with E-state index < -0.39 is 0 Å². The zero-order chi connectivity index (χ0) is 17.0. The fraction of sp³-hybridized carbons (Fsp3) is 0.667. The molecule has 1 fully saturated rings. The third-order valence-corrected chi connectivity index (χ3v) is 4.05. The molecule has 0 amide bonds. The molecular weight excluding hydrogens is 302 g/mol. The predicted octanol–water partition coefficient (Wildman–Crippen LogP) is 1.29. The Bertz CT molecular complexity index is 476. The summed E-state index contributed by atoms with van der Waals surface area (Å²) in [5.41, 5.74) is 1.10. The largest absolute Gasteiger partial charge is 0.383 e. The summed E-state index contributed by atoms with van der Waals surface area (Å²) in [6.07, 6.45) is 5.36. The highest BCUT2D eigenvalue weighted by Crippen LogP contribution is 2.26. The van der Waals surface area contributed by atoms with Crippen LogP contribution in [0.3, 0.4) is 0 Å². The van der Waals surface area contributed by atoms with Crippen molar-refractivity contribution in [1.29, 1.82) is 0 Å². The van der Waals surface area contributed by atoms with Crippen molar-refractivity contribution in [2.75, 3.05) is 46.4 Å². The number of methoxy groups -OCH3 is 1. The summed E-state index contributed by atoms with van der Waals surface area (Å²) in [6, 6.07) is 6.76. The van der Waals surface area contributed by atoms with E-state index in [-0.39, 0.29) is 0 Å². The number of rotatable bonds is 11. The summed E-state index contributed by atoms with van der Waals surface area (Å²) >= 11 is 0. The smallest absolute Gasteiger partial charge is 0.191 e. The molecule has 6 heteroatoms. The SMILES string of the molecule is CCNC(=NCCN(CCOC)C1CC1)NCCc1ccccn1. The molecule has 0 bridgehead atoms. The molecule has 0 aliphatic heterocycles. The molecule has 0 spiro atoms. The number of aliphatic imine (C=N–C) groups is 1. The van der Waals surface area contributed by atoms with E-state index in [1.807, 2.05) is 18.3 Å².